The van der Waals surface area contributed by atoms with Crippen molar-refractivity contribution in [3.8, 4) is 0 Å². The van der Waals surface area contributed by atoms with Gasteiger partial charge in [-0.3, -0.25) is 14.7 Å². The second-order valence-corrected chi connectivity index (χ2v) is 10.2. The smallest absolute Gasteiger partial charge is 0.338 e. The number of fused-ring (bicyclic) bond motifs is 1. The van der Waals surface area contributed by atoms with Gasteiger partial charge in [-0.15, -0.1) is 11.3 Å². The van der Waals surface area contributed by atoms with E-state index < -0.39 is 23.5 Å². The first-order chi connectivity index (χ1) is 17.3. The van der Waals surface area contributed by atoms with E-state index in [0.29, 0.717) is 46.2 Å². The third-order valence-electron chi connectivity index (χ3n) is 7.01. The van der Waals surface area contributed by atoms with Gasteiger partial charge in [-0.2, -0.15) is 0 Å². The van der Waals surface area contributed by atoms with Gasteiger partial charge in [0.1, 0.15) is 17.5 Å². The molecule has 2 saturated heterocycles. The Balaban J connectivity index is 1.56. The number of ether oxygens (including phenoxy) is 1. The molecule has 1 aromatic heterocycles. The normalized spacial score (nSPS) is 26.2. The maximum atomic E-state index is 14.6. The van der Waals surface area contributed by atoms with Gasteiger partial charge in [-0.1, -0.05) is 12.1 Å². The van der Waals surface area contributed by atoms with Crippen molar-refractivity contribution < 1.29 is 23.8 Å². The molecule has 3 atom stereocenters. The van der Waals surface area contributed by atoms with Gasteiger partial charge < -0.3 is 20.5 Å². The summed E-state index contributed by atoms with van der Waals surface area (Å²) in [5, 5.41) is 19.6. The lowest BCUT2D eigenvalue weighted by Gasteiger charge is -2.40. The summed E-state index contributed by atoms with van der Waals surface area (Å²) in [4.78, 5) is 36.6. The highest BCUT2D eigenvalue weighted by Gasteiger charge is 2.50. The molecule has 190 valence electrons. The molecule has 11 heteroatoms. The minimum Gasteiger partial charge on any atom is -0.463 e. The van der Waals surface area contributed by atoms with Gasteiger partial charge in [0, 0.05) is 36.9 Å². The van der Waals surface area contributed by atoms with Crippen molar-refractivity contribution >= 4 is 29.0 Å². The second kappa shape index (κ2) is 9.72. The fraction of sp³-hybridized carbons (Fsp3) is 0.440. The molecule has 2 fully saturated rings. The third-order valence-corrected chi connectivity index (χ3v) is 7.79. The van der Waals surface area contributed by atoms with Crippen LogP contribution < -0.4 is 10.6 Å². The van der Waals surface area contributed by atoms with Crippen LogP contribution in [0.1, 0.15) is 35.5 Å². The van der Waals surface area contributed by atoms with Crippen molar-refractivity contribution in [2.75, 3.05) is 32.8 Å². The van der Waals surface area contributed by atoms with Crippen LogP contribution in [-0.2, 0) is 14.3 Å². The number of carbonyl (C=O) groups is 2. The van der Waals surface area contributed by atoms with Gasteiger partial charge in [-0.05, 0) is 44.0 Å². The molecule has 0 aliphatic carbocycles. The zero-order valence-corrected chi connectivity index (χ0v) is 20.9. The summed E-state index contributed by atoms with van der Waals surface area (Å²) in [6, 6.07) is 3.94. The number of benzene rings is 1. The fourth-order valence-corrected chi connectivity index (χ4v) is 5.78. The predicted molar refractivity (Wildman–Crippen MR) is 132 cm³/mol. The molecule has 9 nitrogen and oxygen atoms in total. The zero-order valence-electron chi connectivity index (χ0n) is 20.1. The highest BCUT2D eigenvalue weighted by atomic mass is 32.1. The molecule has 0 bridgehead atoms. The first-order valence-electron chi connectivity index (χ1n) is 11.9. The van der Waals surface area contributed by atoms with Crippen molar-refractivity contribution in [3.05, 3.63) is 63.0 Å². The highest BCUT2D eigenvalue weighted by Crippen LogP contribution is 2.37. The van der Waals surface area contributed by atoms with Gasteiger partial charge in [0.05, 0.1) is 18.1 Å². The summed E-state index contributed by atoms with van der Waals surface area (Å²) in [5.74, 6) is -1.01. The number of thiazole rings is 1. The van der Waals surface area contributed by atoms with Gasteiger partial charge >= 0.3 is 5.97 Å². The van der Waals surface area contributed by atoms with Crippen LogP contribution in [0.4, 0.5) is 4.39 Å². The van der Waals surface area contributed by atoms with E-state index in [4.69, 9.17) is 9.73 Å². The average Bonchev–Trinajstić information content (AvgIpc) is 3.49. The number of likely N-dealkylation sites (tertiary alicyclic amines) is 1. The van der Waals surface area contributed by atoms with Crippen molar-refractivity contribution in [1.29, 1.82) is 0 Å². The van der Waals surface area contributed by atoms with Crippen LogP contribution in [0.15, 0.2) is 46.0 Å². The Kier molecular flexibility index (Phi) is 6.62. The van der Waals surface area contributed by atoms with E-state index in [9.17, 15) is 19.1 Å². The molecule has 0 spiro atoms. The number of aliphatic imine (C=N–C) groups is 1. The lowest BCUT2D eigenvalue weighted by molar-refractivity contribution is -0.139. The number of amides is 1. The number of halogens is 1. The Morgan fingerprint density at radius 1 is 1.42 bits per heavy atom. The van der Waals surface area contributed by atoms with Crippen LogP contribution in [0.25, 0.3) is 0 Å². The number of aromatic nitrogens is 1. The molecule has 3 aliphatic rings. The molecule has 1 aromatic carbocycles. The van der Waals surface area contributed by atoms with Crippen LogP contribution in [0, 0.1) is 18.7 Å². The van der Waals surface area contributed by atoms with Crippen molar-refractivity contribution in [2.24, 2.45) is 10.9 Å². The maximum absolute atomic E-state index is 14.6. The van der Waals surface area contributed by atoms with Gasteiger partial charge in [-0.25, -0.2) is 14.2 Å². The topological polar surface area (TPSA) is 116 Å². The van der Waals surface area contributed by atoms with E-state index >= 15 is 0 Å². The number of nitrogens with zero attached hydrogens (tertiary/aromatic N) is 3. The Bertz CT molecular complexity index is 1250. The van der Waals surface area contributed by atoms with Crippen LogP contribution in [0.5, 0.6) is 0 Å². The molecule has 36 heavy (non-hydrogen) atoms. The highest BCUT2D eigenvalue weighted by molar-refractivity contribution is 7.11. The first kappa shape index (κ1) is 24.5. The van der Waals surface area contributed by atoms with Crippen LogP contribution >= 0.6 is 11.3 Å². The van der Waals surface area contributed by atoms with Crippen LogP contribution in [-0.4, -0.2) is 71.1 Å². The molecule has 0 unspecified atom stereocenters. The first-order valence-corrected chi connectivity index (χ1v) is 12.8. The molecular weight excluding hydrogens is 485 g/mol. The quantitative estimate of drug-likeness (QED) is 0.504. The molecule has 3 N–H and O–H groups in total. The van der Waals surface area contributed by atoms with E-state index in [2.05, 4.69) is 15.6 Å². The molecule has 5 rings (SSSR count). The molecular formula is C25H28FN5O4S. The van der Waals surface area contributed by atoms with Gasteiger partial charge in [0.15, 0.2) is 10.8 Å². The summed E-state index contributed by atoms with van der Waals surface area (Å²) in [6.07, 6.45) is 2.17. The summed E-state index contributed by atoms with van der Waals surface area (Å²) >= 11 is 1.40. The zero-order chi connectivity index (χ0) is 25.4. The van der Waals surface area contributed by atoms with E-state index in [-0.39, 0.29) is 38.0 Å². The number of hydrogen-bond donors (Lipinski definition) is 3. The minimum absolute atomic E-state index is 0.126. The number of carbonyl (C=O) groups excluding carboxylic acids is 2. The Labute approximate surface area is 212 Å². The van der Waals surface area contributed by atoms with Gasteiger partial charge in [0.2, 0.25) is 5.91 Å². The van der Waals surface area contributed by atoms with Crippen molar-refractivity contribution in [1.82, 2.24) is 20.5 Å². The summed E-state index contributed by atoms with van der Waals surface area (Å²) in [6.45, 7) is 4.88. The summed E-state index contributed by atoms with van der Waals surface area (Å²) < 4.78 is 20.0. The van der Waals surface area contributed by atoms with Crippen molar-refractivity contribution in [2.45, 2.75) is 31.9 Å². The summed E-state index contributed by atoms with van der Waals surface area (Å²) in [5.41, 5.74) is 0.647. The molecule has 0 radical (unpaired) electrons. The number of piperidine rings is 1. The lowest BCUT2D eigenvalue weighted by atomic mass is 9.83. The third kappa shape index (κ3) is 4.42. The predicted octanol–water partition coefficient (Wildman–Crippen LogP) is 1.68. The number of rotatable bonds is 6. The Morgan fingerprint density at radius 3 is 3.00 bits per heavy atom. The van der Waals surface area contributed by atoms with Crippen LogP contribution in [0.2, 0.25) is 0 Å². The number of aliphatic hydroxyl groups is 1. The van der Waals surface area contributed by atoms with Crippen molar-refractivity contribution in [3.63, 3.8) is 0 Å². The van der Waals surface area contributed by atoms with E-state index in [1.54, 1.807) is 32.2 Å². The van der Waals surface area contributed by atoms with E-state index in [0.717, 1.165) is 0 Å². The van der Waals surface area contributed by atoms with E-state index in [1.807, 2.05) is 10.3 Å². The van der Waals surface area contributed by atoms with Crippen LogP contribution in [0.3, 0.4) is 0 Å². The lowest BCUT2D eigenvalue weighted by Crippen LogP contribution is -2.55. The second-order valence-electron chi connectivity index (χ2n) is 9.28. The number of amidine groups is 1. The summed E-state index contributed by atoms with van der Waals surface area (Å²) in [7, 11) is 0. The SMILES string of the molecule is CCOC(=O)C1=C(CN2CC[C@@H]3C(=O)NC[C@@]3(O)C2)NC(c2nccs2)=N[C@H]1c1cccc(F)c1C. The molecule has 1 amide bonds. The van der Waals surface area contributed by atoms with E-state index in [1.165, 1.54) is 17.4 Å². The number of nitrogens with one attached hydrogen (secondary N) is 2. The monoisotopic (exact) mass is 513 g/mol. The fourth-order valence-electron chi connectivity index (χ4n) is 5.20. The largest absolute Gasteiger partial charge is 0.463 e. The average molecular weight is 514 g/mol. The molecule has 3 aliphatic heterocycles. The molecule has 0 saturated carbocycles. The number of β-amino-alcohol motifs (C(OH)–C–C–N with tert-alkyl or cyclic N) is 1. The molecule has 2 aromatic rings. The Morgan fingerprint density at radius 2 is 2.25 bits per heavy atom. The standard InChI is InChI=1S/C25H28FN5O4S/c1-3-35-24(33)19-18(11-31-9-7-16-22(32)28-12-25(16,34)13-31)29-21(23-27-8-10-36-23)30-20(19)15-5-4-6-17(26)14(15)2/h4-6,8,10,16,20,34H,3,7,9,11-13H2,1-2H3,(H,28,32)(H,29,30)/t16-,20+,25-/m1/s1. The van der Waals surface area contributed by atoms with Gasteiger partial charge in [0.25, 0.3) is 0 Å². The molecule has 4 heterocycles. The minimum atomic E-state index is -1.17. The number of esters is 1. The maximum Gasteiger partial charge on any atom is 0.338 e. The number of hydrogen-bond acceptors (Lipinski definition) is 9. The Hall–Kier alpha value is -3.15.